The van der Waals surface area contributed by atoms with Crippen molar-refractivity contribution >= 4 is 35.8 Å². The Hall–Kier alpha value is -1.09. The monoisotopic (exact) mass is 419 g/mol. The normalized spacial score (nSPS) is 15.4. The Balaban J connectivity index is 0.00000242. The molecule has 0 radical (unpaired) electrons. The Morgan fingerprint density at radius 2 is 2.00 bits per heavy atom. The van der Waals surface area contributed by atoms with Gasteiger partial charge in [0.15, 0.2) is 5.96 Å². The maximum atomic E-state index is 6.01. The Labute approximate surface area is 149 Å². The van der Waals surface area contributed by atoms with Gasteiger partial charge in [-0.05, 0) is 25.5 Å². The number of aromatic nitrogens is 1. The average Bonchev–Trinajstić information content (AvgIpc) is 2.55. The van der Waals surface area contributed by atoms with Crippen molar-refractivity contribution in [1.82, 2.24) is 9.88 Å². The quantitative estimate of drug-likeness (QED) is 0.447. The summed E-state index contributed by atoms with van der Waals surface area (Å²) in [6, 6.07) is 4.11. The zero-order valence-corrected chi connectivity index (χ0v) is 15.7. The molecule has 1 aromatic heterocycles. The lowest BCUT2D eigenvalue weighted by atomic mass is 10.3. The van der Waals surface area contributed by atoms with Crippen molar-refractivity contribution in [2.45, 2.75) is 20.4 Å². The Morgan fingerprint density at radius 1 is 1.32 bits per heavy atom. The van der Waals surface area contributed by atoms with Crippen LogP contribution < -0.4 is 10.6 Å². The van der Waals surface area contributed by atoms with Gasteiger partial charge in [-0.2, -0.15) is 0 Å². The van der Waals surface area contributed by atoms with Crippen molar-refractivity contribution in [3.63, 3.8) is 0 Å². The molecule has 1 aliphatic rings. The van der Waals surface area contributed by atoms with Crippen LogP contribution in [0.5, 0.6) is 0 Å². The highest BCUT2D eigenvalue weighted by molar-refractivity contribution is 14.0. The molecule has 0 saturated carbocycles. The first kappa shape index (κ1) is 19.0. The van der Waals surface area contributed by atoms with Gasteiger partial charge >= 0.3 is 0 Å². The maximum absolute atomic E-state index is 6.01. The third-order valence-corrected chi connectivity index (χ3v) is 3.66. The van der Waals surface area contributed by atoms with Gasteiger partial charge in [0, 0.05) is 32.4 Å². The molecule has 2 heterocycles. The summed E-state index contributed by atoms with van der Waals surface area (Å²) in [4.78, 5) is 13.2. The number of hydrogen-bond acceptors (Lipinski definition) is 4. The first-order valence-electron chi connectivity index (χ1n) is 7.57. The summed E-state index contributed by atoms with van der Waals surface area (Å²) in [5.74, 6) is 1.60. The van der Waals surface area contributed by atoms with Gasteiger partial charge in [0.05, 0.1) is 19.8 Å². The number of hydrogen-bond donors (Lipinski definition) is 1. The van der Waals surface area contributed by atoms with Crippen LogP contribution in [-0.4, -0.2) is 55.2 Å². The predicted octanol–water partition coefficient (Wildman–Crippen LogP) is 1.69. The smallest absolute Gasteiger partial charge is 0.191 e. The van der Waals surface area contributed by atoms with E-state index in [1.807, 2.05) is 12.3 Å². The third kappa shape index (κ3) is 5.28. The number of nitrogens with two attached hydrogens (primary N) is 1. The highest BCUT2D eigenvalue weighted by Gasteiger charge is 2.11. The zero-order valence-electron chi connectivity index (χ0n) is 13.4. The number of ether oxygens (including phenoxy) is 1. The molecule has 124 valence electrons. The fourth-order valence-electron chi connectivity index (χ4n) is 2.31. The molecule has 0 unspecified atom stereocenters. The third-order valence-electron chi connectivity index (χ3n) is 3.66. The summed E-state index contributed by atoms with van der Waals surface area (Å²) in [5, 5.41) is 0. The van der Waals surface area contributed by atoms with Gasteiger partial charge in [-0.3, -0.25) is 0 Å². The van der Waals surface area contributed by atoms with Crippen molar-refractivity contribution in [3.8, 4) is 0 Å². The number of pyridine rings is 1. The van der Waals surface area contributed by atoms with E-state index >= 15 is 0 Å². The number of nitrogens with zero attached hydrogens (tertiary/aromatic N) is 4. The van der Waals surface area contributed by atoms with Gasteiger partial charge in [-0.1, -0.05) is 6.07 Å². The zero-order chi connectivity index (χ0) is 15.1. The Morgan fingerprint density at radius 3 is 2.55 bits per heavy atom. The first-order valence-corrected chi connectivity index (χ1v) is 7.57. The highest BCUT2D eigenvalue weighted by Crippen LogP contribution is 2.11. The number of anilines is 1. The van der Waals surface area contributed by atoms with E-state index in [4.69, 9.17) is 10.5 Å². The van der Waals surface area contributed by atoms with Crippen LogP contribution in [-0.2, 0) is 11.3 Å². The molecule has 2 N–H and O–H groups in total. The van der Waals surface area contributed by atoms with Gasteiger partial charge in [0.25, 0.3) is 0 Å². The molecule has 0 aliphatic carbocycles. The minimum atomic E-state index is 0. The molecule has 6 nitrogen and oxygen atoms in total. The van der Waals surface area contributed by atoms with Crippen LogP contribution in [0.1, 0.15) is 19.4 Å². The summed E-state index contributed by atoms with van der Waals surface area (Å²) >= 11 is 0. The molecule has 22 heavy (non-hydrogen) atoms. The van der Waals surface area contributed by atoms with Gasteiger partial charge in [0.2, 0.25) is 0 Å². The topological polar surface area (TPSA) is 67.0 Å². The second-order valence-electron chi connectivity index (χ2n) is 4.97. The van der Waals surface area contributed by atoms with Crippen LogP contribution in [0.15, 0.2) is 23.3 Å². The Bertz CT molecular complexity index is 456. The molecule has 0 spiro atoms. The first-order chi connectivity index (χ1) is 10.2. The molecule has 1 saturated heterocycles. The predicted molar refractivity (Wildman–Crippen MR) is 101 cm³/mol. The summed E-state index contributed by atoms with van der Waals surface area (Å²) < 4.78 is 5.30. The van der Waals surface area contributed by atoms with Gasteiger partial charge < -0.3 is 20.3 Å². The lowest BCUT2D eigenvalue weighted by molar-refractivity contribution is 0.0674. The van der Waals surface area contributed by atoms with E-state index < -0.39 is 0 Å². The Kier molecular flexibility index (Phi) is 8.47. The lowest BCUT2D eigenvalue weighted by Crippen LogP contribution is -2.44. The summed E-state index contributed by atoms with van der Waals surface area (Å²) in [6.45, 7) is 9.82. The van der Waals surface area contributed by atoms with Gasteiger partial charge in [0.1, 0.15) is 5.82 Å². The van der Waals surface area contributed by atoms with Crippen molar-refractivity contribution in [2.75, 3.05) is 44.3 Å². The number of morpholine rings is 1. The van der Waals surface area contributed by atoms with Crippen molar-refractivity contribution < 1.29 is 4.74 Å². The fourth-order valence-corrected chi connectivity index (χ4v) is 2.31. The minimum Gasteiger partial charge on any atom is -0.378 e. The molecule has 1 aliphatic heterocycles. The second kappa shape index (κ2) is 9.83. The maximum Gasteiger partial charge on any atom is 0.191 e. The number of rotatable bonds is 5. The van der Waals surface area contributed by atoms with E-state index in [9.17, 15) is 0 Å². The second-order valence-corrected chi connectivity index (χ2v) is 4.97. The SMILES string of the molecule is CCN(CC)c1ccc(CN=C(N)N2CCOCC2)cn1.I. The van der Waals surface area contributed by atoms with Crippen molar-refractivity contribution in [2.24, 2.45) is 10.7 Å². The average molecular weight is 419 g/mol. The van der Waals surface area contributed by atoms with Crippen LogP contribution in [0.4, 0.5) is 5.82 Å². The molecule has 1 aromatic rings. The van der Waals surface area contributed by atoms with E-state index in [2.05, 4.69) is 39.7 Å². The molecule has 0 amide bonds. The van der Waals surface area contributed by atoms with Gasteiger partial charge in [-0.15, -0.1) is 24.0 Å². The van der Waals surface area contributed by atoms with E-state index in [1.54, 1.807) is 0 Å². The summed E-state index contributed by atoms with van der Waals surface area (Å²) in [6.07, 6.45) is 1.88. The standard InChI is InChI=1S/C15H25N5O.HI/c1-3-19(4-2)14-6-5-13(11-17-14)12-18-15(16)20-7-9-21-10-8-20;/h5-6,11H,3-4,7-10,12H2,1-2H3,(H2,16,18);1H. The van der Waals surface area contributed by atoms with Crippen LogP contribution in [0.2, 0.25) is 0 Å². The molecular formula is C15H26IN5O. The fraction of sp³-hybridized carbons (Fsp3) is 0.600. The highest BCUT2D eigenvalue weighted by atomic mass is 127. The lowest BCUT2D eigenvalue weighted by Gasteiger charge is -2.27. The van der Waals surface area contributed by atoms with Crippen LogP contribution in [0, 0.1) is 0 Å². The molecule has 0 atom stereocenters. The van der Waals surface area contributed by atoms with E-state index in [0.29, 0.717) is 12.5 Å². The van der Waals surface area contributed by atoms with Crippen LogP contribution in [0.3, 0.4) is 0 Å². The molecule has 7 heteroatoms. The molecule has 0 bridgehead atoms. The van der Waals surface area contributed by atoms with Crippen molar-refractivity contribution in [3.05, 3.63) is 23.9 Å². The van der Waals surface area contributed by atoms with Crippen LogP contribution in [0.25, 0.3) is 0 Å². The number of guanidine groups is 1. The van der Waals surface area contributed by atoms with Crippen molar-refractivity contribution in [1.29, 1.82) is 0 Å². The summed E-state index contributed by atoms with van der Waals surface area (Å²) in [7, 11) is 0. The minimum absolute atomic E-state index is 0. The largest absolute Gasteiger partial charge is 0.378 e. The van der Waals surface area contributed by atoms with Crippen LogP contribution >= 0.6 is 24.0 Å². The number of halogens is 1. The molecule has 0 aromatic carbocycles. The van der Waals surface area contributed by atoms with E-state index in [1.165, 1.54) is 0 Å². The van der Waals surface area contributed by atoms with E-state index in [0.717, 1.165) is 50.8 Å². The summed E-state index contributed by atoms with van der Waals surface area (Å²) in [5.41, 5.74) is 7.08. The molecule has 1 fully saturated rings. The number of aliphatic imine (C=N–C) groups is 1. The van der Waals surface area contributed by atoms with E-state index in [-0.39, 0.29) is 24.0 Å². The molecule has 2 rings (SSSR count). The van der Waals surface area contributed by atoms with Gasteiger partial charge in [-0.25, -0.2) is 9.98 Å². The molecular weight excluding hydrogens is 393 g/mol.